The van der Waals surface area contributed by atoms with Crippen LogP contribution in [0.2, 0.25) is 5.02 Å². The summed E-state index contributed by atoms with van der Waals surface area (Å²) in [7, 11) is 0. The van der Waals surface area contributed by atoms with E-state index < -0.39 is 23.6 Å². The summed E-state index contributed by atoms with van der Waals surface area (Å²) in [5.41, 5.74) is -1.22. The molecular formula is C11H11ClF3NO. The zero-order valence-electron chi connectivity index (χ0n) is 9.23. The van der Waals surface area contributed by atoms with Crippen LogP contribution in [0.15, 0.2) is 18.2 Å². The van der Waals surface area contributed by atoms with Crippen LogP contribution in [-0.4, -0.2) is 5.91 Å². The van der Waals surface area contributed by atoms with Crippen molar-refractivity contribution in [3.05, 3.63) is 28.8 Å². The third-order valence-electron chi connectivity index (χ3n) is 2.07. The van der Waals surface area contributed by atoms with E-state index in [1.54, 1.807) is 13.8 Å². The summed E-state index contributed by atoms with van der Waals surface area (Å²) in [6, 6.07) is 3.23. The average molecular weight is 266 g/mol. The Morgan fingerprint density at radius 2 is 1.94 bits per heavy atom. The van der Waals surface area contributed by atoms with Crippen molar-refractivity contribution in [3.63, 3.8) is 0 Å². The van der Waals surface area contributed by atoms with Gasteiger partial charge in [-0.25, -0.2) is 0 Å². The van der Waals surface area contributed by atoms with Crippen LogP contribution in [0.1, 0.15) is 19.4 Å². The van der Waals surface area contributed by atoms with Gasteiger partial charge in [0.05, 0.1) is 11.3 Å². The van der Waals surface area contributed by atoms with Crippen molar-refractivity contribution in [2.75, 3.05) is 5.32 Å². The summed E-state index contributed by atoms with van der Waals surface area (Å²) < 4.78 is 38.0. The summed E-state index contributed by atoms with van der Waals surface area (Å²) in [5, 5.41) is 2.20. The summed E-state index contributed by atoms with van der Waals surface area (Å²) in [6.07, 6.45) is -4.55. The minimum atomic E-state index is -4.55. The van der Waals surface area contributed by atoms with Gasteiger partial charge in [-0.05, 0) is 18.2 Å². The highest BCUT2D eigenvalue weighted by atomic mass is 35.5. The van der Waals surface area contributed by atoms with Gasteiger partial charge in [-0.2, -0.15) is 13.2 Å². The minimum Gasteiger partial charge on any atom is -0.325 e. The molecule has 0 saturated heterocycles. The van der Waals surface area contributed by atoms with E-state index in [1.807, 2.05) is 0 Å². The Hall–Kier alpha value is -1.23. The molecule has 1 N–H and O–H groups in total. The maximum absolute atomic E-state index is 12.7. The Kier molecular flexibility index (Phi) is 4.03. The number of amides is 1. The van der Waals surface area contributed by atoms with Gasteiger partial charge in [0.2, 0.25) is 5.91 Å². The highest BCUT2D eigenvalue weighted by Crippen LogP contribution is 2.36. The van der Waals surface area contributed by atoms with E-state index in [0.717, 1.165) is 12.1 Å². The number of carbonyl (C=O) groups excluding carboxylic acids is 1. The SMILES string of the molecule is CC(C)C(=O)Nc1ccc(Cl)cc1C(F)(F)F. The molecule has 0 unspecified atom stereocenters. The maximum atomic E-state index is 12.7. The molecule has 0 radical (unpaired) electrons. The molecule has 1 aromatic carbocycles. The molecule has 0 heterocycles. The van der Waals surface area contributed by atoms with Gasteiger partial charge >= 0.3 is 6.18 Å². The largest absolute Gasteiger partial charge is 0.418 e. The second-order valence-corrected chi connectivity index (χ2v) is 4.27. The molecule has 6 heteroatoms. The van der Waals surface area contributed by atoms with Crippen LogP contribution in [-0.2, 0) is 11.0 Å². The molecule has 0 aliphatic heterocycles. The lowest BCUT2D eigenvalue weighted by Crippen LogP contribution is -2.20. The fourth-order valence-electron chi connectivity index (χ4n) is 1.14. The van der Waals surface area contributed by atoms with Crippen molar-refractivity contribution < 1.29 is 18.0 Å². The zero-order chi connectivity index (χ0) is 13.2. The molecule has 1 amide bonds. The topological polar surface area (TPSA) is 29.1 Å². The fourth-order valence-corrected chi connectivity index (χ4v) is 1.31. The van der Waals surface area contributed by atoms with Crippen LogP contribution < -0.4 is 5.32 Å². The van der Waals surface area contributed by atoms with Crippen molar-refractivity contribution in [2.24, 2.45) is 5.92 Å². The molecule has 0 fully saturated rings. The number of hydrogen-bond donors (Lipinski definition) is 1. The fraction of sp³-hybridized carbons (Fsp3) is 0.364. The maximum Gasteiger partial charge on any atom is 0.418 e. The average Bonchev–Trinajstić information content (AvgIpc) is 2.18. The zero-order valence-corrected chi connectivity index (χ0v) is 9.99. The van der Waals surface area contributed by atoms with Gasteiger partial charge in [0.15, 0.2) is 0 Å². The van der Waals surface area contributed by atoms with Crippen molar-refractivity contribution in [2.45, 2.75) is 20.0 Å². The van der Waals surface area contributed by atoms with Crippen LogP contribution in [0.25, 0.3) is 0 Å². The van der Waals surface area contributed by atoms with Crippen molar-refractivity contribution in [3.8, 4) is 0 Å². The number of nitrogens with one attached hydrogen (secondary N) is 1. The lowest BCUT2D eigenvalue weighted by molar-refractivity contribution is -0.137. The van der Waals surface area contributed by atoms with Gasteiger partial charge in [-0.3, -0.25) is 4.79 Å². The first-order chi connectivity index (χ1) is 7.71. The van der Waals surface area contributed by atoms with Gasteiger partial charge < -0.3 is 5.32 Å². The predicted molar refractivity (Wildman–Crippen MR) is 59.9 cm³/mol. The minimum absolute atomic E-state index is 0.0279. The predicted octanol–water partition coefficient (Wildman–Crippen LogP) is 3.95. The molecule has 0 spiro atoms. The van der Waals surface area contributed by atoms with Gasteiger partial charge in [0.25, 0.3) is 0 Å². The molecule has 1 rings (SSSR count). The molecule has 0 atom stereocenters. The Bertz CT molecular complexity index is 429. The highest BCUT2D eigenvalue weighted by molar-refractivity contribution is 6.30. The highest BCUT2D eigenvalue weighted by Gasteiger charge is 2.34. The molecule has 0 aliphatic carbocycles. The second-order valence-electron chi connectivity index (χ2n) is 3.83. The van der Waals surface area contributed by atoms with E-state index in [9.17, 15) is 18.0 Å². The van der Waals surface area contributed by atoms with Crippen molar-refractivity contribution >= 4 is 23.2 Å². The molecular weight excluding hydrogens is 255 g/mol. The lowest BCUT2D eigenvalue weighted by Gasteiger charge is -2.15. The number of anilines is 1. The Morgan fingerprint density at radius 1 is 1.35 bits per heavy atom. The quantitative estimate of drug-likeness (QED) is 0.862. The van der Waals surface area contributed by atoms with Gasteiger partial charge in [-0.15, -0.1) is 0 Å². The first-order valence-electron chi connectivity index (χ1n) is 4.89. The normalized spacial score (nSPS) is 11.7. The van der Waals surface area contributed by atoms with Crippen LogP contribution >= 0.6 is 11.6 Å². The van der Waals surface area contributed by atoms with E-state index in [2.05, 4.69) is 5.32 Å². The number of carbonyl (C=O) groups is 1. The van der Waals surface area contributed by atoms with E-state index in [-0.39, 0.29) is 10.7 Å². The Balaban J connectivity index is 3.12. The van der Waals surface area contributed by atoms with Gasteiger partial charge in [-0.1, -0.05) is 25.4 Å². The van der Waals surface area contributed by atoms with Crippen molar-refractivity contribution in [1.29, 1.82) is 0 Å². The monoisotopic (exact) mass is 265 g/mol. The first kappa shape index (κ1) is 13.8. The van der Waals surface area contributed by atoms with Crippen LogP contribution in [0, 0.1) is 5.92 Å². The summed E-state index contributed by atoms with van der Waals surface area (Å²) >= 11 is 5.51. The van der Waals surface area contributed by atoms with Gasteiger partial charge in [0.1, 0.15) is 0 Å². The van der Waals surface area contributed by atoms with E-state index in [4.69, 9.17) is 11.6 Å². The van der Waals surface area contributed by atoms with Crippen LogP contribution in [0.3, 0.4) is 0 Å². The second kappa shape index (κ2) is 4.96. The van der Waals surface area contributed by atoms with E-state index >= 15 is 0 Å². The molecule has 0 aliphatic rings. The standard InChI is InChI=1S/C11H11ClF3NO/c1-6(2)10(17)16-9-4-3-7(12)5-8(9)11(13,14)15/h3-6H,1-2H3,(H,16,17). The number of alkyl halides is 3. The summed E-state index contributed by atoms with van der Waals surface area (Å²) in [5.74, 6) is -0.871. The number of benzene rings is 1. The van der Waals surface area contributed by atoms with Crippen LogP contribution in [0.4, 0.5) is 18.9 Å². The Morgan fingerprint density at radius 3 is 2.41 bits per heavy atom. The first-order valence-corrected chi connectivity index (χ1v) is 5.27. The third kappa shape index (κ3) is 3.63. The summed E-state index contributed by atoms with van der Waals surface area (Å²) in [4.78, 5) is 11.4. The number of halogens is 4. The molecule has 2 nitrogen and oxygen atoms in total. The van der Waals surface area contributed by atoms with E-state index in [1.165, 1.54) is 6.07 Å². The molecule has 17 heavy (non-hydrogen) atoms. The van der Waals surface area contributed by atoms with Crippen molar-refractivity contribution in [1.82, 2.24) is 0 Å². The molecule has 0 saturated carbocycles. The van der Waals surface area contributed by atoms with E-state index in [0.29, 0.717) is 0 Å². The molecule has 1 aromatic rings. The molecule has 94 valence electrons. The lowest BCUT2D eigenvalue weighted by atomic mass is 10.1. The smallest absolute Gasteiger partial charge is 0.325 e. The van der Waals surface area contributed by atoms with Crippen LogP contribution in [0.5, 0.6) is 0 Å². The third-order valence-corrected chi connectivity index (χ3v) is 2.30. The summed E-state index contributed by atoms with van der Waals surface area (Å²) in [6.45, 7) is 3.19. The number of rotatable bonds is 2. The van der Waals surface area contributed by atoms with Gasteiger partial charge in [0, 0.05) is 10.9 Å². The Labute approximate surface area is 102 Å². The molecule has 0 aromatic heterocycles. The number of hydrogen-bond acceptors (Lipinski definition) is 1. The molecule has 0 bridgehead atoms.